The number of rotatable bonds is 7. The Morgan fingerprint density at radius 1 is 1.04 bits per heavy atom. The molecule has 4 nitrogen and oxygen atoms in total. The summed E-state index contributed by atoms with van der Waals surface area (Å²) in [6.45, 7) is 1.97. The Morgan fingerprint density at radius 2 is 1.88 bits per heavy atom. The van der Waals surface area contributed by atoms with E-state index in [1.54, 1.807) is 14.0 Å². The molecule has 0 unspecified atom stereocenters. The Labute approximate surface area is 147 Å². The number of hydrogen-bond donors (Lipinski definition) is 0. The van der Waals surface area contributed by atoms with Gasteiger partial charge in [0.2, 0.25) is 0 Å². The van der Waals surface area contributed by atoms with Gasteiger partial charge in [0, 0.05) is 11.8 Å². The van der Waals surface area contributed by atoms with Crippen molar-refractivity contribution in [1.82, 2.24) is 4.98 Å². The number of para-hydroxylation sites is 1. The topological polar surface area (TPSA) is 48.4 Å². The summed E-state index contributed by atoms with van der Waals surface area (Å²) in [6.07, 6.45) is 1.24. The summed E-state index contributed by atoms with van der Waals surface area (Å²) in [7, 11) is 1.62. The molecule has 1 heterocycles. The maximum Gasteiger partial charge on any atom is 0.161 e. The number of carbonyl (C=O) groups excluding carboxylic acids is 1. The summed E-state index contributed by atoms with van der Waals surface area (Å²) in [4.78, 5) is 15.7. The van der Waals surface area contributed by atoms with E-state index in [9.17, 15) is 4.79 Å². The minimum absolute atomic E-state index is 0.182. The van der Waals surface area contributed by atoms with Crippen LogP contribution in [0.25, 0.3) is 10.9 Å². The lowest BCUT2D eigenvalue weighted by Gasteiger charge is -2.12. The SMILES string of the molecule is COc1cc(CCC(C)=O)ccc1OCc1ccc2ccccc2n1. The van der Waals surface area contributed by atoms with Crippen LogP contribution < -0.4 is 9.47 Å². The predicted octanol–water partition coefficient (Wildman–Crippen LogP) is 4.34. The standard InChI is InChI=1S/C21H21NO3/c1-15(23)7-8-16-9-12-20(21(13-16)24-2)25-14-18-11-10-17-5-3-4-6-19(17)22-18/h3-6,9-13H,7-8,14H2,1-2H3. The molecule has 25 heavy (non-hydrogen) atoms. The zero-order valence-corrected chi connectivity index (χ0v) is 14.5. The van der Waals surface area contributed by atoms with Crippen molar-refractivity contribution in [1.29, 1.82) is 0 Å². The van der Waals surface area contributed by atoms with Crippen molar-refractivity contribution in [2.75, 3.05) is 7.11 Å². The van der Waals surface area contributed by atoms with E-state index in [1.165, 1.54) is 0 Å². The molecule has 0 saturated heterocycles. The molecule has 0 aliphatic carbocycles. The second-order valence-corrected chi connectivity index (χ2v) is 5.97. The number of carbonyl (C=O) groups is 1. The quantitative estimate of drug-likeness (QED) is 0.644. The van der Waals surface area contributed by atoms with Gasteiger partial charge in [-0.25, -0.2) is 4.98 Å². The molecule has 0 atom stereocenters. The van der Waals surface area contributed by atoms with Crippen LogP contribution in [0.5, 0.6) is 11.5 Å². The molecule has 0 radical (unpaired) electrons. The maximum absolute atomic E-state index is 11.1. The summed E-state index contributed by atoms with van der Waals surface area (Å²) in [6, 6.07) is 17.8. The second-order valence-electron chi connectivity index (χ2n) is 5.97. The molecule has 0 amide bonds. The number of pyridine rings is 1. The van der Waals surface area contributed by atoms with Gasteiger partial charge in [0.1, 0.15) is 12.4 Å². The molecule has 128 valence electrons. The number of fused-ring (bicyclic) bond motifs is 1. The first-order valence-electron chi connectivity index (χ1n) is 8.29. The predicted molar refractivity (Wildman–Crippen MR) is 98.1 cm³/mol. The van der Waals surface area contributed by atoms with Crippen LogP contribution in [0.4, 0.5) is 0 Å². The van der Waals surface area contributed by atoms with Crippen LogP contribution in [-0.2, 0) is 17.8 Å². The lowest BCUT2D eigenvalue weighted by atomic mass is 10.1. The van der Waals surface area contributed by atoms with Gasteiger partial charge in [0.25, 0.3) is 0 Å². The van der Waals surface area contributed by atoms with E-state index in [2.05, 4.69) is 4.98 Å². The highest BCUT2D eigenvalue weighted by Crippen LogP contribution is 2.29. The Bertz CT molecular complexity index is 889. The summed E-state index contributed by atoms with van der Waals surface area (Å²) >= 11 is 0. The van der Waals surface area contributed by atoms with Gasteiger partial charge in [0.15, 0.2) is 11.5 Å². The van der Waals surface area contributed by atoms with Crippen LogP contribution in [-0.4, -0.2) is 17.9 Å². The average Bonchev–Trinajstić information content (AvgIpc) is 2.64. The zero-order chi connectivity index (χ0) is 17.6. The zero-order valence-electron chi connectivity index (χ0n) is 14.5. The maximum atomic E-state index is 11.1. The summed E-state index contributed by atoms with van der Waals surface area (Å²) in [5.74, 6) is 1.52. The first-order chi connectivity index (χ1) is 12.2. The number of nitrogens with zero attached hydrogens (tertiary/aromatic N) is 1. The van der Waals surface area contributed by atoms with Crippen molar-refractivity contribution >= 4 is 16.7 Å². The summed E-state index contributed by atoms with van der Waals surface area (Å²) in [5.41, 5.74) is 2.87. The fourth-order valence-corrected chi connectivity index (χ4v) is 2.65. The highest BCUT2D eigenvalue weighted by atomic mass is 16.5. The van der Waals surface area contributed by atoms with Gasteiger partial charge in [-0.2, -0.15) is 0 Å². The van der Waals surface area contributed by atoms with Crippen LogP contribution in [0, 0.1) is 0 Å². The van der Waals surface area contributed by atoms with Gasteiger partial charge < -0.3 is 14.3 Å². The average molecular weight is 335 g/mol. The molecule has 0 aliphatic heterocycles. The number of aryl methyl sites for hydroxylation is 1. The molecular formula is C21H21NO3. The molecular weight excluding hydrogens is 314 g/mol. The minimum Gasteiger partial charge on any atom is -0.493 e. The van der Waals surface area contributed by atoms with E-state index < -0.39 is 0 Å². The van der Waals surface area contributed by atoms with Crippen molar-refractivity contribution in [3.63, 3.8) is 0 Å². The molecule has 0 saturated carbocycles. The molecule has 4 heteroatoms. The van der Waals surface area contributed by atoms with E-state index >= 15 is 0 Å². The molecule has 1 aromatic heterocycles. The summed E-state index contributed by atoms with van der Waals surface area (Å²) in [5, 5.41) is 1.11. The fraction of sp³-hybridized carbons (Fsp3) is 0.238. The van der Waals surface area contributed by atoms with Crippen LogP contribution in [0.2, 0.25) is 0 Å². The fourth-order valence-electron chi connectivity index (χ4n) is 2.65. The second kappa shape index (κ2) is 7.79. The normalized spacial score (nSPS) is 10.6. The minimum atomic E-state index is 0.182. The Morgan fingerprint density at radius 3 is 2.68 bits per heavy atom. The molecule has 3 aromatic rings. The van der Waals surface area contributed by atoms with Gasteiger partial charge in [-0.3, -0.25) is 0 Å². The lowest BCUT2D eigenvalue weighted by Crippen LogP contribution is -2.01. The van der Waals surface area contributed by atoms with Crippen molar-refractivity contribution in [3.8, 4) is 11.5 Å². The molecule has 3 rings (SSSR count). The smallest absolute Gasteiger partial charge is 0.161 e. The number of ketones is 1. The molecule has 0 bridgehead atoms. The molecule has 0 fully saturated rings. The molecule has 0 N–H and O–H groups in total. The van der Waals surface area contributed by atoms with Crippen LogP contribution in [0.15, 0.2) is 54.6 Å². The van der Waals surface area contributed by atoms with E-state index in [0.717, 1.165) is 22.2 Å². The third-order valence-corrected chi connectivity index (χ3v) is 4.03. The third kappa shape index (κ3) is 4.35. The van der Waals surface area contributed by atoms with E-state index in [1.807, 2.05) is 54.6 Å². The van der Waals surface area contributed by atoms with E-state index in [4.69, 9.17) is 9.47 Å². The molecule has 0 aliphatic rings. The van der Waals surface area contributed by atoms with E-state index in [0.29, 0.717) is 30.9 Å². The highest BCUT2D eigenvalue weighted by molar-refractivity contribution is 5.78. The first kappa shape index (κ1) is 17.0. The van der Waals surface area contributed by atoms with Gasteiger partial charge in [-0.15, -0.1) is 0 Å². The number of Topliss-reactive ketones (excluding diaryl/α,β-unsaturated/α-hetero) is 1. The molecule has 0 spiro atoms. The van der Waals surface area contributed by atoms with Crippen LogP contribution in [0.1, 0.15) is 24.6 Å². The third-order valence-electron chi connectivity index (χ3n) is 4.03. The molecule has 2 aromatic carbocycles. The van der Waals surface area contributed by atoms with Crippen molar-refractivity contribution in [2.24, 2.45) is 0 Å². The number of methoxy groups -OCH3 is 1. The first-order valence-corrected chi connectivity index (χ1v) is 8.29. The van der Waals surface area contributed by atoms with Crippen molar-refractivity contribution in [2.45, 2.75) is 26.4 Å². The van der Waals surface area contributed by atoms with Crippen molar-refractivity contribution in [3.05, 3.63) is 65.9 Å². The van der Waals surface area contributed by atoms with Crippen LogP contribution >= 0.6 is 0 Å². The van der Waals surface area contributed by atoms with Crippen molar-refractivity contribution < 1.29 is 14.3 Å². The van der Waals surface area contributed by atoms with Gasteiger partial charge in [-0.1, -0.05) is 30.3 Å². The largest absolute Gasteiger partial charge is 0.493 e. The number of hydrogen-bond acceptors (Lipinski definition) is 4. The number of aromatic nitrogens is 1. The number of benzene rings is 2. The Balaban J connectivity index is 1.71. The summed E-state index contributed by atoms with van der Waals surface area (Å²) < 4.78 is 11.3. The van der Waals surface area contributed by atoms with Gasteiger partial charge in [0.05, 0.1) is 18.3 Å². The van der Waals surface area contributed by atoms with Gasteiger partial charge >= 0.3 is 0 Å². The Hall–Kier alpha value is -2.88. The van der Waals surface area contributed by atoms with E-state index in [-0.39, 0.29) is 5.78 Å². The Kier molecular flexibility index (Phi) is 5.29. The lowest BCUT2D eigenvalue weighted by molar-refractivity contribution is -0.116. The monoisotopic (exact) mass is 335 g/mol. The van der Waals surface area contributed by atoms with Crippen LogP contribution in [0.3, 0.4) is 0 Å². The number of ether oxygens (including phenoxy) is 2. The van der Waals surface area contributed by atoms with Gasteiger partial charge in [-0.05, 0) is 43.2 Å². The highest BCUT2D eigenvalue weighted by Gasteiger charge is 2.08.